The van der Waals surface area contributed by atoms with Gasteiger partial charge in [0.2, 0.25) is 5.91 Å². The zero-order valence-electron chi connectivity index (χ0n) is 17.5. The second kappa shape index (κ2) is 9.54. The van der Waals surface area contributed by atoms with E-state index in [0.29, 0.717) is 16.8 Å². The van der Waals surface area contributed by atoms with Crippen LogP contribution in [0.25, 0.3) is 11.3 Å². The molecular weight excluding hydrogens is 398 g/mol. The highest BCUT2D eigenvalue weighted by Crippen LogP contribution is 2.26. The van der Waals surface area contributed by atoms with Crippen molar-refractivity contribution in [1.82, 2.24) is 4.98 Å². The van der Waals surface area contributed by atoms with Crippen LogP contribution >= 0.6 is 11.3 Å². The maximum atomic E-state index is 12.2. The van der Waals surface area contributed by atoms with Crippen LogP contribution in [0.15, 0.2) is 47.8 Å². The minimum atomic E-state index is -0.262. The second-order valence-electron chi connectivity index (χ2n) is 7.31. The Balaban J connectivity index is 1.56. The maximum Gasteiger partial charge on any atom is 0.264 e. The molecule has 156 valence electrons. The fourth-order valence-corrected chi connectivity index (χ4v) is 3.82. The number of ether oxygens (including phenoxy) is 1. The Hall–Kier alpha value is -3.19. The lowest BCUT2D eigenvalue weighted by Crippen LogP contribution is -2.20. The molecule has 0 saturated heterocycles. The van der Waals surface area contributed by atoms with E-state index in [2.05, 4.69) is 29.5 Å². The molecular formula is C23H25N3O3S. The molecule has 0 aliphatic carbocycles. The molecule has 3 aromatic rings. The predicted octanol–water partition coefficient (Wildman–Crippen LogP) is 5.22. The molecule has 2 aromatic carbocycles. The smallest absolute Gasteiger partial charge is 0.264 e. The summed E-state index contributed by atoms with van der Waals surface area (Å²) >= 11 is 1.35. The lowest BCUT2D eigenvalue weighted by molar-refractivity contribution is -0.118. The summed E-state index contributed by atoms with van der Waals surface area (Å²) in [5.74, 6) is 0.742. The van der Waals surface area contributed by atoms with E-state index in [-0.39, 0.29) is 18.4 Å². The Bertz CT molecular complexity index is 1040. The highest BCUT2D eigenvalue weighted by molar-refractivity contribution is 7.14. The van der Waals surface area contributed by atoms with Gasteiger partial charge in [0.05, 0.1) is 5.69 Å². The SMILES string of the molecule is CC(=O)Nc1ccc(-c2csc(NC(=O)COc3ccc(C(C)C)c(C)c3)n2)cc1. The van der Waals surface area contributed by atoms with Crippen LogP contribution in [0.4, 0.5) is 10.8 Å². The first kappa shape index (κ1) is 21.5. The molecule has 7 heteroatoms. The first-order valence-corrected chi connectivity index (χ1v) is 10.6. The molecule has 2 amide bonds. The van der Waals surface area contributed by atoms with Gasteiger partial charge in [-0.3, -0.25) is 14.9 Å². The van der Waals surface area contributed by atoms with E-state index in [4.69, 9.17) is 4.74 Å². The molecule has 0 saturated carbocycles. The van der Waals surface area contributed by atoms with Gasteiger partial charge >= 0.3 is 0 Å². The number of aromatic nitrogens is 1. The quantitative estimate of drug-likeness (QED) is 0.546. The molecule has 0 unspecified atom stereocenters. The lowest BCUT2D eigenvalue weighted by Gasteiger charge is -2.12. The number of thiazole rings is 1. The fourth-order valence-electron chi connectivity index (χ4n) is 3.08. The third-order valence-electron chi connectivity index (χ3n) is 4.48. The third kappa shape index (κ3) is 5.67. The second-order valence-corrected chi connectivity index (χ2v) is 8.16. The molecule has 0 radical (unpaired) electrons. The zero-order valence-corrected chi connectivity index (χ0v) is 18.3. The van der Waals surface area contributed by atoms with Gasteiger partial charge in [0, 0.05) is 23.6 Å². The number of aryl methyl sites for hydroxylation is 1. The van der Waals surface area contributed by atoms with Gasteiger partial charge in [0.1, 0.15) is 5.75 Å². The normalized spacial score (nSPS) is 10.7. The Morgan fingerprint density at radius 3 is 2.47 bits per heavy atom. The largest absolute Gasteiger partial charge is 0.484 e. The molecule has 1 aromatic heterocycles. The average Bonchev–Trinajstić information content (AvgIpc) is 3.14. The molecule has 1 heterocycles. The van der Waals surface area contributed by atoms with Crippen molar-refractivity contribution >= 4 is 34.0 Å². The Morgan fingerprint density at radius 2 is 1.83 bits per heavy atom. The number of carbonyl (C=O) groups is 2. The van der Waals surface area contributed by atoms with Crippen LogP contribution in [0.1, 0.15) is 37.8 Å². The van der Waals surface area contributed by atoms with Crippen LogP contribution in [-0.4, -0.2) is 23.4 Å². The van der Waals surface area contributed by atoms with Crippen molar-refractivity contribution in [3.63, 3.8) is 0 Å². The van der Waals surface area contributed by atoms with E-state index < -0.39 is 0 Å². The summed E-state index contributed by atoms with van der Waals surface area (Å²) in [6.07, 6.45) is 0. The number of carbonyl (C=O) groups excluding carboxylic acids is 2. The molecule has 0 aliphatic heterocycles. The number of hydrogen-bond donors (Lipinski definition) is 2. The number of hydrogen-bond acceptors (Lipinski definition) is 5. The summed E-state index contributed by atoms with van der Waals surface area (Å²) in [4.78, 5) is 27.8. The molecule has 30 heavy (non-hydrogen) atoms. The van der Waals surface area contributed by atoms with Crippen LogP contribution in [0.3, 0.4) is 0 Å². The maximum absolute atomic E-state index is 12.2. The summed E-state index contributed by atoms with van der Waals surface area (Å²) in [5, 5.41) is 7.88. The van der Waals surface area contributed by atoms with Gasteiger partial charge in [0.25, 0.3) is 5.91 Å². The van der Waals surface area contributed by atoms with Crippen molar-refractivity contribution < 1.29 is 14.3 Å². The van der Waals surface area contributed by atoms with Gasteiger partial charge in [-0.15, -0.1) is 11.3 Å². The van der Waals surface area contributed by atoms with Gasteiger partial charge in [-0.05, 0) is 48.2 Å². The van der Waals surface area contributed by atoms with Crippen molar-refractivity contribution in [3.05, 3.63) is 59.0 Å². The number of rotatable bonds is 7. The zero-order chi connectivity index (χ0) is 21.7. The van der Waals surface area contributed by atoms with Crippen LogP contribution < -0.4 is 15.4 Å². The molecule has 0 spiro atoms. The van der Waals surface area contributed by atoms with Gasteiger partial charge in [-0.2, -0.15) is 0 Å². The third-order valence-corrected chi connectivity index (χ3v) is 5.24. The van der Waals surface area contributed by atoms with E-state index in [1.807, 2.05) is 54.8 Å². The molecule has 0 aliphatic rings. The number of nitrogens with zero attached hydrogens (tertiary/aromatic N) is 1. The molecule has 3 rings (SSSR count). The number of amides is 2. The van der Waals surface area contributed by atoms with Crippen LogP contribution in [0.2, 0.25) is 0 Å². The summed E-state index contributed by atoms with van der Waals surface area (Å²) < 4.78 is 5.62. The van der Waals surface area contributed by atoms with Crippen LogP contribution in [0.5, 0.6) is 5.75 Å². The standard InChI is InChI=1S/C23H25N3O3S/c1-14(2)20-10-9-19(11-15(20)3)29-12-22(28)26-23-25-21(13-30-23)17-5-7-18(8-6-17)24-16(4)27/h5-11,13-14H,12H2,1-4H3,(H,24,27)(H,25,26,28). The monoisotopic (exact) mass is 423 g/mol. The van der Waals surface area contributed by atoms with Crippen LogP contribution in [-0.2, 0) is 9.59 Å². The fraction of sp³-hybridized carbons (Fsp3) is 0.261. The highest BCUT2D eigenvalue weighted by Gasteiger charge is 2.10. The molecule has 0 atom stereocenters. The summed E-state index contributed by atoms with van der Waals surface area (Å²) in [6.45, 7) is 7.73. The van der Waals surface area contributed by atoms with Gasteiger partial charge in [-0.1, -0.05) is 32.0 Å². The van der Waals surface area contributed by atoms with Crippen LogP contribution in [0, 0.1) is 6.92 Å². The molecule has 0 bridgehead atoms. The Labute approximate surface area is 180 Å². The highest BCUT2D eigenvalue weighted by atomic mass is 32.1. The van der Waals surface area contributed by atoms with E-state index in [0.717, 1.165) is 22.5 Å². The topological polar surface area (TPSA) is 80.3 Å². The summed E-state index contributed by atoms with van der Waals surface area (Å²) in [5.41, 5.74) is 4.80. The Kier molecular flexibility index (Phi) is 6.84. The lowest BCUT2D eigenvalue weighted by atomic mass is 9.98. The molecule has 6 nitrogen and oxygen atoms in total. The first-order valence-electron chi connectivity index (χ1n) is 9.68. The number of anilines is 2. The van der Waals surface area contributed by atoms with Gasteiger partial charge in [-0.25, -0.2) is 4.98 Å². The van der Waals surface area contributed by atoms with E-state index in [1.165, 1.54) is 23.8 Å². The van der Waals surface area contributed by atoms with Crippen molar-refractivity contribution in [2.24, 2.45) is 0 Å². The Morgan fingerprint density at radius 1 is 1.10 bits per heavy atom. The molecule has 0 fully saturated rings. The van der Waals surface area contributed by atoms with Crippen molar-refractivity contribution in [1.29, 1.82) is 0 Å². The number of nitrogens with one attached hydrogen (secondary N) is 2. The summed E-state index contributed by atoms with van der Waals surface area (Å²) in [7, 11) is 0. The number of benzene rings is 2. The van der Waals surface area contributed by atoms with Gasteiger partial charge < -0.3 is 10.1 Å². The minimum absolute atomic E-state index is 0.0825. The molecule has 2 N–H and O–H groups in total. The van der Waals surface area contributed by atoms with E-state index in [1.54, 1.807) is 0 Å². The van der Waals surface area contributed by atoms with E-state index in [9.17, 15) is 9.59 Å². The predicted molar refractivity (Wildman–Crippen MR) is 121 cm³/mol. The van der Waals surface area contributed by atoms with Crippen molar-refractivity contribution in [3.8, 4) is 17.0 Å². The van der Waals surface area contributed by atoms with E-state index >= 15 is 0 Å². The van der Waals surface area contributed by atoms with Crippen molar-refractivity contribution in [2.45, 2.75) is 33.6 Å². The minimum Gasteiger partial charge on any atom is -0.484 e. The average molecular weight is 424 g/mol. The first-order chi connectivity index (χ1) is 14.3. The van der Waals surface area contributed by atoms with Gasteiger partial charge in [0.15, 0.2) is 11.7 Å². The summed E-state index contributed by atoms with van der Waals surface area (Å²) in [6, 6.07) is 13.3. The van der Waals surface area contributed by atoms with Crippen molar-refractivity contribution in [2.75, 3.05) is 17.2 Å².